The summed E-state index contributed by atoms with van der Waals surface area (Å²) < 4.78 is 16.2. The second kappa shape index (κ2) is 9.11. The molecule has 0 atom stereocenters. The van der Waals surface area contributed by atoms with E-state index in [1.54, 1.807) is 29.4 Å². The molecule has 1 aliphatic rings. The molecule has 0 radical (unpaired) electrons. The predicted molar refractivity (Wildman–Crippen MR) is 131 cm³/mol. The molecule has 10 heteroatoms. The molecular weight excluding hydrogens is 494 g/mol. The molecule has 0 spiro atoms. The highest BCUT2D eigenvalue weighted by Crippen LogP contribution is 2.33. The SMILES string of the molecule is O=C(c1cc(Cc2c[nH]c(=O)c3cc(Cl)c(Cl)n23)ccc1F)N1CCC(O)(c2cccnc2)CC1. The maximum absolute atomic E-state index is 14.7. The molecule has 1 aliphatic heterocycles. The Morgan fingerprint density at radius 1 is 1.20 bits per heavy atom. The van der Waals surface area contributed by atoms with Gasteiger partial charge in [-0.2, -0.15) is 0 Å². The molecule has 1 saturated heterocycles. The minimum atomic E-state index is -1.07. The van der Waals surface area contributed by atoms with Crippen molar-refractivity contribution in [2.24, 2.45) is 0 Å². The lowest BCUT2D eigenvalue weighted by atomic mass is 9.85. The molecule has 3 aromatic heterocycles. The van der Waals surface area contributed by atoms with Crippen molar-refractivity contribution >= 4 is 34.6 Å². The van der Waals surface area contributed by atoms with Gasteiger partial charge in [0.15, 0.2) is 0 Å². The number of amides is 1. The number of nitrogens with one attached hydrogen (secondary N) is 1. The number of benzene rings is 1. The minimum Gasteiger partial charge on any atom is -0.385 e. The fourth-order valence-electron chi connectivity index (χ4n) is 4.55. The second-order valence-corrected chi connectivity index (χ2v) is 9.43. The van der Waals surface area contributed by atoms with Crippen molar-refractivity contribution < 1.29 is 14.3 Å². The maximum Gasteiger partial charge on any atom is 0.272 e. The summed E-state index contributed by atoms with van der Waals surface area (Å²) in [6.07, 6.45) is 5.71. The zero-order valence-electron chi connectivity index (χ0n) is 18.5. The number of carbonyl (C=O) groups excluding carboxylic acids is 1. The van der Waals surface area contributed by atoms with Gasteiger partial charge in [0.2, 0.25) is 0 Å². The van der Waals surface area contributed by atoms with E-state index in [9.17, 15) is 19.1 Å². The van der Waals surface area contributed by atoms with Crippen LogP contribution in [-0.2, 0) is 12.0 Å². The normalized spacial score (nSPS) is 15.5. The lowest BCUT2D eigenvalue weighted by molar-refractivity contribution is -0.0214. The molecule has 35 heavy (non-hydrogen) atoms. The summed E-state index contributed by atoms with van der Waals surface area (Å²) in [5.74, 6) is -1.06. The molecule has 4 heterocycles. The van der Waals surface area contributed by atoms with E-state index >= 15 is 0 Å². The first-order valence-electron chi connectivity index (χ1n) is 11.0. The van der Waals surface area contributed by atoms with Gasteiger partial charge < -0.3 is 15.0 Å². The van der Waals surface area contributed by atoms with Crippen LogP contribution in [0, 0.1) is 5.82 Å². The summed E-state index contributed by atoms with van der Waals surface area (Å²) in [6.45, 7) is 0.567. The highest BCUT2D eigenvalue weighted by atomic mass is 35.5. The summed E-state index contributed by atoms with van der Waals surface area (Å²) in [5.41, 5.74) is 0.828. The highest BCUT2D eigenvalue weighted by molar-refractivity contribution is 6.42. The monoisotopic (exact) mass is 514 g/mol. The molecule has 1 aromatic carbocycles. The van der Waals surface area contributed by atoms with Crippen molar-refractivity contribution in [3.05, 3.63) is 104 Å². The van der Waals surface area contributed by atoms with E-state index in [0.717, 1.165) is 0 Å². The van der Waals surface area contributed by atoms with Crippen molar-refractivity contribution in [2.75, 3.05) is 13.1 Å². The van der Waals surface area contributed by atoms with E-state index in [2.05, 4.69) is 9.97 Å². The van der Waals surface area contributed by atoms with Gasteiger partial charge in [-0.25, -0.2) is 4.39 Å². The molecule has 0 unspecified atom stereocenters. The van der Waals surface area contributed by atoms with Gasteiger partial charge in [0.25, 0.3) is 11.5 Å². The van der Waals surface area contributed by atoms with Gasteiger partial charge in [0.1, 0.15) is 16.5 Å². The van der Waals surface area contributed by atoms with Gasteiger partial charge in [-0.15, -0.1) is 0 Å². The van der Waals surface area contributed by atoms with Gasteiger partial charge in [0, 0.05) is 49.4 Å². The standard InChI is InChI=1S/C25H21Cl2FN4O3/c26-19-12-21-23(33)30-14-17(32(21)22(19)27)10-15-3-4-20(28)18(11-15)24(34)31-8-5-25(35,6-9-31)16-2-1-7-29-13-16/h1-4,7,11-14,35H,5-6,8-10H2,(H,30,33). The fraction of sp³-hybridized carbons (Fsp3) is 0.240. The number of aromatic amines is 1. The summed E-state index contributed by atoms with van der Waals surface area (Å²) in [6, 6.07) is 9.40. The van der Waals surface area contributed by atoms with Crippen LogP contribution in [-0.4, -0.2) is 43.4 Å². The third-order valence-electron chi connectivity index (χ3n) is 6.51. The predicted octanol–water partition coefficient (Wildman–Crippen LogP) is 4.18. The van der Waals surface area contributed by atoms with Crippen LogP contribution in [0.1, 0.15) is 40.0 Å². The first kappa shape index (κ1) is 23.5. The maximum atomic E-state index is 14.7. The van der Waals surface area contributed by atoms with Crippen molar-refractivity contribution in [2.45, 2.75) is 24.9 Å². The summed E-state index contributed by atoms with van der Waals surface area (Å²) in [5, 5.41) is 11.5. The number of pyridine rings is 1. The average molecular weight is 515 g/mol. The van der Waals surface area contributed by atoms with Crippen LogP contribution >= 0.6 is 23.2 Å². The van der Waals surface area contributed by atoms with Crippen molar-refractivity contribution in [3.8, 4) is 0 Å². The fourth-order valence-corrected chi connectivity index (χ4v) is 5.00. The number of carbonyl (C=O) groups is 1. The lowest BCUT2D eigenvalue weighted by Gasteiger charge is -2.38. The topological polar surface area (TPSA) is 90.7 Å². The molecule has 0 aliphatic carbocycles. The number of hydrogen-bond acceptors (Lipinski definition) is 4. The summed E-state index contributed by atoms with van der Waals surface area (Å²) >= 11 is 12.4. The third-order valence-corrected chi connectivity index (χ3v) is 7.27. The Hall–Kier alpha value is -3.20. The molecule has 2 N–H and O–H groups in total. The number of H-pyrrole nitrogens is 1. The molecule has 5 rings (SSSR count). The van der Waals surface area contributed by atoms with Crippen LogP contribution in [0.4, 0.5) is 4.39 Å². The van der Waals surface area contributed by atoms with Gasteiger partial charge >= 0.3 is 0 Å². The number of aromatic nitrogens is 3. The molecule has 0 saturated carbocycles. The Kier molecular flexibility index (Phi) is 6.13. The minimum absolute atomic E-state index is 0.0494. The molecule has 7 nitrogen and oxygen atoms in total. The molecule has 1 amide bonds. The zero-order valence-corrected chi connectivity index (χ0v) is 20.0. The van der Waals surface area contributed by atoms with Crippen molar-refractivity contribution in [1.82, 2.24) is 19.3 Å². The van der Waals surface area contributed by atoms with Gasteiger partial charge in [0.05, 0.1) is 16.2 Å². The number of aliphatic hydroxyl groups is 1. The van der Waals surface area contributed by atoms with E-state index in [-0.39, 0.29) is 40.8 Å². The summed E-state index contributed by atoms with van der Waals surface area (Å²) in [4.78, 5) is 33.6. The van der Waals surface area contributed by atoms with E-state index < -0.39 is 17.3 Å². The number of piperidine rings is 1. The van der Waals surface area contributed by atoms with Crippen molar-refractivity contribution in [1.29, 1.82) is 0 Å². The van der Waals surface area contributed by atoms with Gasteiger partial charge in [-0.05, 0) is 42.7 Å². The zero-order chi connectivity index (χ0) is 24.7. The highest BCUT2D eigenvalue weighted by Gasteiger charge is 2.36. The van der Waals surface area contributed by atoms with Crippen molar-refractivity contribution in [3.63, 3.8) is 0 Å². The molecule has 1 fully saturated rings. The Balaban J connectivity index is 1.38. The second-order valence-electron chi connectivity index (χ2n) is 8.67. The smallest absolute Gasteiger partial charge is 0.272 e. The van der Waals surface area contributed by atoms with Gasteiger partial charge in [-0.1, -0.05) is 35.3 Å². The van der Waals surface area contributed by atoms with E-state index in [1.165, 1.54) is 28.8 Å². The van der Waals surface area contributed by atoms with Crippen LogP contribution in [0.2, 0.25) is 10.2 Å². The number of fused-ring (bicyclic) bond motifs is 1. The number of halogens is 3. The van der Waals surface area contributed by atoms with Gasteiger partial charge in [-0.3, -0.25) is 19.0 Å². The average Bonchev–Trinajstić information content (AvgIpc) is 3.18. The Morgan fingerprint density at radius 3 is 2.69 bits per heavy atom. The number of likely N-dealkylation sites (tertiary alicyclic amines) is 1. The largest absolute Gasteiger partial charge is 0.385 e. The van der Waals surface area contributed by atoms with Crippen LogP contribution < -0.4 is 5.56 Å². The molecule has 4 aromatic rings. The molecular formula is C25H21Cl2FN4O3. The number of rotatable bonds is 4. The quantitative estimate of drug-likeness (QED) is 0.427. The van der Waals surface area contributed by atoms with E-state index in [4.69, 9.17) is 23.2 Å². The summed E-state index contributed by atoms with van der Waals surface area (Å²) in [7, 11) is 0. The Labute approximate surface area is 209 Å². The Bertz CT molecular complexity index is 1480. The third kappa shape index (κ3) is 4.33. The first-order chi connectivity index (χ1) is 16.8. The number of hydrogen-bond donors (Lipinski definition) is 2. The van der Waals surface area contributed by atoms with Crippen LogP contribution in [0.5, 0.6) is 0 Å². The van der Waals surface area contributed by atoms with Crippen LogP contribution in [0.15, 0.2) is 59.8 Å². The lowest BCUT2D eigenvalue weighted by Crippen LogP contribution is -2.45. The molecule has 0 bridgehead atoms. The van der Waals surface area contributed by atoms with E-state index in [0.29, 0.717) is 35.2 Å². The van der Waals surface area contributed by atoms with Crippen LogP contribution in [0.3, 0.4) is 0 Å². The number of nitrogens with zero attached hydrogens (tertiary/aromatic N) is 3. The Morgan fingerprint density at radius 2 is 1.97 bits per heavy atom. The first-order valence-corrected chi connectivity index (χ1v) is 11.8. The van der Waals surface area contributed by atoms with Crippen LogP contribution in [0.25, 0.3) is 5.52 Å². The van der Waals surface area contributed by atoms with E-state index in [1.807, 2.05) is 6.07 Å². The molecule has 180 valence electrons.